The molecule has 10 heteroatoms. The van der Waals surface area contributed by atoms with Crippen molar-refractivity contribution in [1.29, 1.82) is 0 Å². The number of sulfonamides is 2. The van der Waals surface area contributed by atoms with E-state index in [1.165, 1.54) is 38.4 Å². The molecule has 0 radical (unpaired) electrons. The number of nitrogens with one attached hydrogen (secondary N) is 1. The highest BCUT2D eigenvalue weighted by atomic mass is 32.2. The Morgan fingerprint density at radius 1 is 0.970 bits per heavy atom. The fraction of sp³-hybridized carbons (Fsp3) is 0.478. The Labute approximate surface area is 197 Å². The van der Waals surface area contributed by atoms with Crippen molar-refractivity contribution in [2.75, 3.05) is 43.9 Å². The maximum Gasteiger partial charge on any atom is 0.261 e. The third-order valence-electron chi connectivity index (χ3n) is 5.80. The van der Waals surface area contributed by atoms with Gasteiger partial charge in [-0.2, -0.15) is 0 Å². The van der Waals surface area contributed by atoms with Crippen molar-refractivity contribution < 1.29 is 21.6 Å². The van der Waals surface area contributed by atoms with Crippen LogP contribution in [0.4, 0.5) is 11.4 Å². The van der Waals surface area contributed by atoms with Gasteiger partial charge in [-0.3, -0.25) is 4.72 Å². The normalized spacial score (nSPS) is 18.8. The molecule has 1 aliphatic rings. The molecule has 2 aromatic carbocycles. The maximum absolute atomic E-state index is 13.0. The van der Waals surface area contributed by atoms with Crippen LogP contribution in [0, 0.1) is 5.92 Å². The molecule has 1 fully saturated rings. The second-order valence-electron chi connectivity index (χ2n) is 9.23. The molecule has 0 aliphatic carbocycles. The Balaban J connectivity index is 1.79. The minimum atomic E-state index is -3.91. The largest absolute Gasteiger partial charge is 0.376 e. The predicted molar refractivity (Wildman–Crippen MR) is 131 cm³/mol. The van der Waals surface area contributed by atoms with E-state index in [4.69, 9.17) is 4.74 Å². The molecule has 1 aliphatic heterocycles. The molecule has 3 rings (SSSR count). The fourth-order valence-electron chi connectivity index (χ4n) is 4.10. The lowest BCUT2D eigenvalue weighted by Crippen LogP contribution is -2.38. The minimum absolute atomic E-state index is 0.0103. The van der Waals surface area contributed by atoms with E-state index < -0.39 is 20.0 Å². The summed E-state index contributed by atoms with van der Waals surface area (Å²) in [4.78, 5) is 2.09. The van der Waals surface area contributed by atoms with Crippen LogP contribution in [0.3, 0.4) is 0 Å². The van der Waals surface area contributed by atoms with Crippen LogP contribution in [0.1, 0.15) is 26.7 Å². The molecule has 1 atom stereocenters. The van der Waals surface area contributed by atoms with Crippen LogP contribution in [0.25, 0.3) is 0 Å². The molecule has 8 nitrogen and oxygen atoms in total. The first-order valence-electron chi connectivity index (χ1n) is 10.8. The Bertz CT molecular complexity index is 1180. The number of rotatable bonds is 8. The Morgan fingerprint density at radius 3 is 2.18 bits per heavy atom. The van der Waals surface area contributed by atoms with Crippen LogP contribution < -0.4 is 9.62 Å². The lowest BCUT2D eigenvalue weighted by Gasteiger charge is -2.37. The Kier molecular flexibility index (Phi) is 7.42. The van der Waals surface area contributed by atoms with Crippen LogP contribution >= 0.6 is 0 Å². The van der Waals surface area contributed by atoms with Crippen molar-refractivity contribution in [3.63, 3.8) is 0 Å². The van der Waals surface area contributed by atoms with E-state index >= 15 is 0 Å². The lowest BCUT2D eigenvalue weighted by atomic mass is 9.88. The quantitative estimate of drug-likeness (QED) is 0.603. The summed E-state index contributed by atoms with van der Waals surface area (Å²) in [6.45, 7) is 5.69. The zero-order chi connectivity index (χ0) is 24.4. The molecule has 1 unspecified atom stereocenters. The van der Waals surface area contributed by atoms with Crippen LogP contribution in [-0.2, 0) is 24.8 Å². The summed E-state index contributed by atoms with van der Waals surface area (Å²) in [7, 11) is -2.74. The number of hydrogen-bond donors (Lipinski definition) is 1. The van der Waals surface area contributed by atoms with Gasteiger partial charge in [-0.15, -0.1) is 0 Å². The fourth-order valence-corrected chi connectivity index (χ4v) is 6.07. The molecule has 1 heterocycles. The van der Waals surface area contributed by atoms with Gasteiger partial charge in [-0.1, -0.05) is 12.1 Å². The summed E-state index contributed by atoms with van der Waals surface area (Å²) >= 11 is 0. The molecule has 2 aromatic rings. The molecule has 0 aromatic heterocycles. The molecule has 182 valence electrons. The average molecular weight is 496 g/mol. The number of nitrogens with zero attached hydrogens (tertiary/aromatic N) is 2. The summed E-state index contributed by atoms with van der Waals surface area (Å²) < 4.78 is 60.2. The second kappa shape index (κ2) is 9.61. The highest BCUT2D eigenvalue weighted by Gasteiger charge is 2.30. The van der Waals surface area contributed by atoms with Crippen molar-refractivity contribution in [3.8, 4) is 0 Å². The van der Waals surface area contributed by atoms with Crippen LogP contribution in [0.15, 0.2) is 58.3 Å². The van der Waals surface area contributed by atoms with Gasteiger partial charge < -0.3 is 9.64 Å². The first-order valence-corrected chi connectivity index (χ1v) is 13.7. The van der Waals surface area contributed by atoms with Gasteiger partial charge in [-0.25, -0.2) is 21.1 Å². The summed E-state index contributed by atoms with van der Waals surface area (Å²) in [5, 5.41) is 0. The molecular formula is C23H33N3O5S2. The molecule has 33 heavy (non-hydrogen) atoms. The lowest BCUT2D eigenvalue weighted by molar-refractivity contribution is -0.0707. The number of hydrogen-bond acceptors (Lipinski definition) is 6. The zero-order valence-electron chi connectivity index (χ0n) is 19.8. The Hall–Kier alpha value is -2.14. The topological polar surface area (TPSA) is 96.0 Å². The Morgan fingerprint density at radius 2 is 1.58 bits per heavy atom. The van der Waals surface area contributed by atoms with Crippen molar-refractivity contribution in [1.82, 2.24) is 4.31 Å². The van der Waals surface area contributed by atoms with E-state index in [9.17, 15) is 16.8 Å². The van der Waals surface area contributed by atoms with Gasteiger partial charge >= 0.3 is 0 Å². The van der Waals surface area contributed by atoms with Crippen LogP contribution in [0.5, 0.6) is 0 Å². The van der Waals surface area contributed by atoms with E-state index in [1.54, 1.807) is 12.1 Å². The smallest absolute Gasteiger partial charge is 0.261 e. The predicted octanol–water partition coefficient (Wildman–Crippen LogP) is 3.38. The monoisotopic (exact) mass is 495 g/mol. The van der Waals surface area contributed by atoms with Crippen LogP contribution in [-0.4, -0.2) is 61.0 Å². The SMILES string of the molecule is CN(CC1CCOC(C)(C)C1)c1ccccc1NS(=O)(=O)c1ccc(S(=O)(=O)N(C)C)cc1. The van der Waals surface area contributed by atoms with Crippen LogP contribution in [0.2, 0.25) is 0 Å². The zero-order valence-corrected chi connectivity index (χ0v) is 21.4. The first kappa shape index (κ1) is 25.5. The maximum atomic E-state index is 13.0. The average Bonchev–Trinajstić information content (AvgIpc) is 2.73. The number of para-hydroxylation sites is 2. The first-order chi connectivity index (χ1) is 15.3. The molecule has 1 N–H and O–H groups in total. The molecule has 0 spiro atoms. The van der Waals surface area contributed by atoms with Gasteiger partial charge in [0.05, 0.1) is 26.8 Å². The molecule has 0 saturated carbocycles. The second-order valence-corrected chi connectivity index (χ2v) is 13.1. The molecule has 0 amide bonds. The van der Waals surface area contributed by atoms with Gasteiger partial charge in [0.25, 0.3) is 10.0 Å². The van der Waals surface area contributed by atoms with Crippen molar-refractivity contribution in [2.45, 2.75) is 42.1 Å². The van der Waals surface area contributed by atoms with E-state index in [2.05, 4.69) is 23.5 Å². The van der Waals surface area contributed by atoms with Crippen molar-refractivity contribution >= 4 is 31.4 Å². The van der Waals surface area contributed by atoms with Crippen molar-refractivity contribution in [2.24, 2.45) is 5.92 Å². The van der Waals surface area contributed by atoms with E-state index in [0.717, 1.165) is 36.0 Å². The third kappa shape index (κ3) is 6.06. The van der Waals surface area contributed by atoms with Gasteiger partial charge in [0.1, 0.15) is 0 Å². The minimum Gasteiger partial charge on any atom is -0.376 e. The summed E-state index contributed by atoms with van der Waals surface area (Å²) in [6.07, 6.45) is 1.90. The third-order valence-corrected chi connectivity index (χ3v) is 9.01. The summed E-state index contributed by atoms with van der Waals surface area (Å²) in [6, 6.07) is 12.5. The standard InChI is InChI=1S/C23H33N3O5S2/c1-23(2)16-18(14-15-31-23)17-26(5)22-9-7-6-8-21(22)24-32(27,28)19-10-12-20(13-11-19)33(29,30)25(3)4/h6-13,18,24H,14-17H2,1-5H3. The number of ether oxygens (including phenoxy) is 1. The summed E-state index contributed by atoms with van der Waals surface area (Å²) in [5.41, 5.74) is 1.09. The van der Waals surface area contributed by atoms with E-state index in [1.807, 2.05) is 19.2 Å². The van der Waals surface area contributed by atoms with Crippen molar-refractivity contribution in [3.05, 3.63) is 48.5 Å². The van der Waals surface area contributed by atoms with E-state index in [0.29, 0.717) is 11.6 Å². The van der Waals surface area contributed by atoms with Gasteiger partial charge in [0, 0.05) is 34.3 Å². The molecule has 1 saturated heterocycles. The highest BCUT2D eigenvalue weighted by molar-refractivity contribution is 7.92. The highest BCUT2D eigenvalue weighted by Crippen LogP contribution is 2.32. The van der Waals surface area contributed by atoms with Gasteiger partial charge in [0.2, 0.25) is 10.0 Å². The molecular weight excluding hydrogens is 462 g/mol. The van der Waals surface area contributed by atoms with Gasteiger partial charge in [-0.05, 0) is 69.0 Å². The number of anilines is 2. The van der Waals surface area contributed by atoms with E-state index in [-0.39, 0.29) is 15.4 Å². The summed E-state index contributed by atoms with van der Waals surface area (Å²) in [5.74, 6) is 0.439. The van der Waals surface area contributed by atoms with Gasteiger partial charge in [0.15, 0.2) is 0 Å². The number of benzene rings is 2. The molecule has 0 bridgehead atoms.